The average molecular weight is 2090 g/mol. The summed E-state index contributed by atoms with van der Waals surface area (Å²) in [5, 5.41) is 0. The molecule has 15 nitrogen and oxygen atoms in total. The highest BCUT2D eigenvalue weighted by Crippen LogP contribution is 2.91. The smallest absolute Gasteiger partial charge is 0.374 e. The van der Waals surface area contributed by atoms with Crippen LogP contribution in [0.15, 0.2) is 30.1 Å². The van der Waals surface area contributed by atoms with Crippen molar-refractivity contribution in [1.29, 1.82) is 0 Å². The predicted molar refractivity (Wildman–Crippen MR) is 575 cm³/mol. The Kier molecular flexibility index (Phi) is 71.8. The van der Waals surface area contributed by atoms with E-state index in [1.807, 2.05) is 104 Å². The number of unbranched alkanes of at least 4 members (excludes halogenated alkanes) is 1. The molecule has 0 amide bonds. The second-order valence-electron chi connectivity index (χ2n) is 29.0. The van der Waals surface area contributed by atoms with Gasteiger partial charge in [0.05, 0.1) is 0 Å². The summed E-state index contributed by atoms with van der Waals surface area (Å²) in [5.74, 6) is 5.77. The van der Waals surface area contributed by atoms with Crippen LogP contribution in [0, 0.1) is 23.7 Å². The van der Waals surface area contributed by atoms with Gasteiger partial charge in [0, 0.05) is 148 Å². The summed E-state index contributed by atoms with van der Waals surface area (Å²) in [4.78, 5) is 3.23. The monoisotopic (exact) mass is 2090 g/mol. The number of allylic oxidation sites excluding steroid dienone is 2. The molecule has 0 spiro atoms. The highest BCUT2D eigenvalue weighted by atomic mass is 33.7. The summed E-state index contributed by atoms with van der Waals surface area (Å²) in [6, 6.07) is 2.78. The molecule has 8 atom stereocenters. The molecule has 40 heteroatoms. The Morgan fingerprint density at radius 1 is 0.261 bits per heavy atom. The standard InChI is InChI=1S/C75H166O15S20Si5/c1-23-76-111(77-24-2,78-25-3)61-43-56-106(96,101-91)72(70(21)55-42-54-68(19)50-39-38-49-67(18)52-41-53-69(20)51-40-48-66(16)17)74(108(98,103-93)58-45-63-113(82-29-7,83-30-8)84-31-9)73(107(97,102-92)57-44-62-112(79-26-4,80-27-5)81-28-6)71(22)75(109(99,104-94)59-46-64-114(85-32-10,86-33-11)87-34-12)110(100,105-95)60-47-65-115(88-35-13,89-36-14)90-37-15/h66-69,91-100H,23-65H2,1-22H3. The van der Waals surface area contributed by atoms with E-state index in [-0.39, 0.29) is 0 Å². The Labute approximate surface area is 787 Å². The Balaban J connectivity index is 10.8. The number of rotatable bonds is 79. The molecule has 0 N–H and O–H groups in total. The SMILES string of the molecule is CCO[Si](CCCS(S)(SS)C(=C(C)CCCC(C)CCCCC(C)CCCC(C)CCCC(C)C)C(=C(C(C)=C(S(S)(CCC[Si](OCC)(OCC)OCC)SS)S(S)(CCC[Si](OCC)(OCC)OCC)SS)S(S)(CCC[Si](OCC)(OCC)OCC)SS)S(S)(CCC[Si](OCC)(OCC)OCC)SS)(OCC)OCC. The molecule has 0 aromatic carbocycles. The van der Waals surface area contributed by atoms with Crippen LogP contribution in [0.4, 0.5) is 0 Å². The van der Waals surface area contributed by atoms with Gasteiger partial charge in [-0.25, -0.2) is 0 Å². The van der Waals surface area contributed by atoms with Gasteiger partial charge in [0.1, 0.15) is 0 Å². The van der Waals surface area contributed by atoms with Crippen LogP contribution < -0.4 is 0 Å². The molecule has 0 bridgehead atoms. The lowest BCUT2D eigenvalue weighted by Gasteiger charge is -2.51. The third-order valence-corrected chi connectivity index (χ3v) is 83.3. The minimum absolute atomic E-state index is 0.439. The van der Waals surface area contributed by atoms with Crippen LogP contribution in [0.1, 0.15) is 268 Å². The summed E-state index contributed by atoms with van der Waals surface area (Å²) < 4.78 is 101. The van der Waals surface area contributed by atoms with Gasteiger partial charge in [-0.2, -0.15) is 0 Å². The van der Waals surface area contributed by atoms with Crippen molar-refractivity contribution >= 4 is 250 Å². The van der Waals surface area contributed by atoms with E-state index in [1.165, 1.54) is 109 Å². The predicted octanol–water partition coefficient (Wildman–Crippen LogP) is 30.2. The Morgan fingerprint density at radius 2 is 0.461 bits per heavy atom. The molecule has 8 unspecified atom stereocenters. The first-order valence-corrected chi connectivity index (χ1v) is 78.6. The van der Waals surface area contributed by atoms with E-state index in [9.17, 15) is 0 Å². The van der Waals surface area contributed by atoms with E-state index in [4.69, 9.17) is 183 Å². The highest BCUT2D eigenvalue weighted by molar-refractivity contribution is 9.43. The van der Waals surface area contributed by atoms with Gasteiger partial charge in [-0.05, 0) is 270 Å². The van der Waals surface area contributed by atoms with Crippen molar-refractivity contribution in [3.05, 3.63) is 30.1 Å². The summed E-state index contributed by atoms with van der Waals surface area (Å²) >= 11 is 59.3. The normalized spacial score (nSPS) is 18.3. The zero-order valence-electron chi connectivity index (χ0n) is 74.9. The van der Waals surface area contributed by atoms with E-state index in [0.29, 0.717) is 196 Å². The van der Waals surface area contributed by atoms with Crippen LogP contribution in [-0.4, -0.2) is 172 Å². The maximum atomic E-state index is 6.69. The van der Waals surface area contributed by atoms with Gasteiger partial charge in [0.2, 0.25) is 0 Å². The van der Waals surface area contributed by atoms with Crippen molar-refractivity contribution in [1.82, 2.24) is 0 Å². The van der Waals surface area contributed by atoms with Crippen LogP contribution in [0.25, 0.3) is 0 Å². The molecule has 0 saturated heterocycles. The molecular weight excluding hydrogens is 1920 g/mol. The molecule has 0 aromatic heterocycles. The first-order chi connectivity index (χ1) is 54.7. The Morgan fingerprint density at radius 3 is 0.687 bits per heavy atom. The molecule has 0 aliphatic rings. The summed E-state index contributed by atoms with van der Waals surface area (Å²) in [7, 11) is -21.1. The van der Waals surface area contributed by atoms with Gasteiger partial charge < -0.3 is 66.4 Å². The minimum atomic E-state index is -3.26. The van der Waals surface area contributed by atoms with E-state index < -0.39 is 84.5 Å². The van der Waals surface area contributed by atoms with E-state index in [0.717, 1.165) is 61.5 Å². The topological polar surface area (TPSA) is 138 Å². The molecule has 0 rings (SSSR count). The van der Waals surface area contributed by atoms with E-state index in [2.05, 4.69) is 48.5 Å². The fourth-order valence-corrected chi connectivity index (χ4v) is 68.5. The molecule has 0 heterocycles. The molecule has 0 aromatic rings. The average Bonchev–Trinajstić information content (AvgIpc) is 0.723. The van der Waals surface area contributed by atoms with Crippen LogP contribution in [0.5, 0.6) is 0 Å². The zero-order chi connectivity index (χ0) is 87.3. The molecular formula is C75H166O15S20Si5. The van der Waals surface area contributed by atoms with Crippen molar-refractivity contribution in [3.63, 3.8) is 0 Å². The van der Waals surface area contributed by atoms with E-state index in [1.54, 1.807) is 9.83 Å². The molecule has 0 fully saturated rings. The first-order valence-electron chi connectivity index (χ1n) is 42.7. The van der Waals surface area contributed by atoms with Crippen molar-refractivity contribution in [3.8, 4) is 0 Å². The fourth-order valence-electron chi connectivity index (χ4n) is 14.6. The van der Waals surface area contributed by atoms with Crippen molar-refractivity contribution < 1.29 is 66.4 Å². The molecule has 0 aliphatic heterocycles. The number of hydrogen-bond acceptors (Lipinski definition) is 30. The third-order valence-electron chi connectivity index (χ3n) is 19.3. The van der Waals surface area contributed by atoms with Gasteiger partial charge in [-0.1, -0.05) is 111 Å². The van der Waals surface area contributed by atoms with Gasteiger partial charge in [0.25, 0.3) is 0 Å². The molecule has 0 aliphatic carbocycles. The number of thiol groups is 10. The lowest BCUT2D eigenvalue weighted by Crippen LogP contribution is -2.46. The maximum Gasteiger partial charge on any atom is 0.500 e. The van der Waals surface area contributed by atoms with E-state index >= 15 is 0 Å². The minimum Gasteiger partial charge on any atom is -0.374 e. The first kappa shape index (κ1) is 122. The van der Waals surface area contributed by atoms with Crippen LogP contribution in [0.3, 0.4) is 0 Å². The van der Waals surface area contributed by atoms with Gasteiger partial charge in [0.15, 0.2) is 0 Å². The van der Waals surface area contributed by atoms with Gasteiger partial charge in [-0.3, -0.25) is 0 Å². The van der Waals surface area contributed by atoms with Crippen LogP contribution in [0.2, 0.25) is 30.2 Å². The Hall–Kier alpha value is 6.70. The lowest BCUT2D eigenvalue weighted by molar-refractivity contribution is 0.0704. The Bertz CT molecular complexity index is 2480. The van der Waals surface area contributed by atoms with Crippen LogP contribution in [-0.2, 0) is 66.4 Å². The highest BCUT2D eigenvalue weighted by Gasteiger charge is 2.51. The molecule has 0 radical (unpaired) electrons. The molecule has 696 valence electrons. The second-order valence-corrected chi connectivity index (χ2v) is 84.6. The second kappa shape index (κ2) is 67.8. The molecule has 115 heavy (non-hydrogen) atoms. The number of hydrogen-bond donors (Lipinski definition) is 10. The zero-order valence-corrected chi connectivity index (χ0v) is 97.0. The van der Waals surface area contributed by atoms with Crippen LogP contribution >= 0.6 is 206 Å². The summed E-state index contributed by atoms with van der Waals surface area (Å²) in [5.41, 5.74) is 2.23. The van der Waals surface area contributed by atoms with Crippen molar-refractivity contribution in [2.75, 3.05) is 128 Å². The third kappa shape index (κ3) is 44.0. The molecule has 0 saturated carbocycles. The van der Waals surface area contributed by atoms with Gasteiger partial charge in [-0.15, -0.1) is 157 Å². The fraction of sp³-hybridized carbons (Fsp3) is 0.920. The van der Waals surface area contributed by atoms with Crippen molar-refractivity contribution in [2.24, 2.45) is 23.7 Å². The largest absolute Gasteiger partial charge is 0.500 e. The van der Waals surface area contributed by atoms with Crippen molar-refractivity contribution in [2.45, 2.75) is 298 Å². The summed E-state index contributed by atoms with van der Waals surface area (Å²) in [6.45, 7) is 53.7. The summed E-state index contributed by atoms with van der Waals surface area (Å²) in [6.07, 6.45) is 19.0. The quantitative estimate of drug-likeness (QED) is 0.00928. The maximum absolute atomic E-state index is 6.69. The van der Waals surface area contributed by atoms with Gasteiger partial charge >= 0.3 is 44.0 Å². The lowest BCUT2D eigenvalue weighted by atomic mass is 9.91.